The number of hydrogen-bond acceptors (Lipinski definition) is 4. The van der Waals surface area contributed by atoms with Crippen molar-refractivity contribution in [3.05, 3.63) is 46.5 Å². The molecular weight excluding hydrogens is 232 g/mol. The van der Waals surface area contributed by atoms with E-state index in [1.165, 1.54) is 0 Å². The molecule has 4 N–H and O–H groups in total. The molecule has 0 aromatic heterocycles. The van der Waals surface area contributed by atoms with E-state index in [-0.39, 0.29) is 23.0 Å². The summed E-state index contributed by atoms with van der Waals surface area (Å²) in [5, 5.41) is 40.8. The van der Waals surface area contributed by atoms with E-state index in [2.05, 4.69) is 0 Å². The van der Waals surface area contributed by atoms with Gasteiger partial charge in [0.25, 0.3) is 0 Å². The Morgan fingerprint density at radius 1 is 0.444 bits per heavy atom. The van der Waals surface area contributed by atoms with Gasteiger partial charge in [-0.05, 0) is 24.3 Å². The fourth-order valence-electron chi connectivity index (χ4n) is 2.80. The van der Waals surface area contributed by atoms with Crippen molar-refractivity contribution in [2.45, 2.75) is 0 Å². The summed E-state index contributed by atoms with van der Waals surface area (Å²) in [6, 6.07) is 6.49. The molecule has 0 fully saturated rings. The molecule has 4 heteroatoms. The topological polar surface area (TPSA) is 80.9 Å². The molecule has 0 aliphatic heterocycles. The predicted molar refractivity (Wildman–Crippen MR) is 68.1 cm³/mol. The lowest BCUT2D eigenvalue weighted by Crippen LogP contribution is -1.86. The molecule has 0 saturated heterocycles. The van der Waals surface area contributed by atoms with E-state index < -0.39 is 0 Å². The number of hydrogen-bond donors (Lipinski definition) is 4. The van der Waals surface area contributed by atoms with E-state index in [9.17, 15) is 20.4 Å². The average molecular weight is 240 g/mol. The highest BCUT2D eigenvalue weighted by Gasteiger charge is 2.31. The highest BCUT2D eigenvalue weighted by Crippen LogP contribution is 2.47. The molecule has 0 spiro atoms. The molecule has 2 aromatic carbocycles. The Morgan fingerprint density at radius 3 is 0.889 bits per heavy atom. The van der Waals surface area contributed by atoms with Gasteiger partial charge in [0.05, 0.1) is 0 Å². The minimum Gasteiger partial charge on any atom is -0.504 e. The molecule has 2 aliphatic carbocycles. The van der Waals surface area contributed by atoms with E-state index in [0.717, 1.165) is 0 Å². The summed E-state index contributed by atoms with van der Waals surface area (Å²) >= 11 is 0. The number of aliphatic hydroxyl groups is 4. The maximum absolute atomic E-state index is 9.86. The highest BCUT2D eigenvalue weighted by atomic mass is 16.3. The van der Waals surface area contributed by atoms with E-state index in [4.69, 9.17) is 0 Å². The molecule has 0 amide bonds. The van der Waals surface area contributed by atoms with Crippen molar-refractivity contribution in [3.8, 4) is 0 Å². The van der Waals surface area contributed by atoms with Crippen LogP contribution in [0.5, 0.6) is 0 Å². The Bertz CT molecular complexity index is 681. The van der Waals surface area contributed by atoms with Crippen LogP contribution in [-0.2, 0) is 0 Å². The SMILES string of the molecule is OC1=C(O)c2ccc3c4c(ccc1c24)C(O)=C3O. The van der Waals surface area contributed by atoms with Crippen molar-refractivity contribution in [2.24, 2.45) is 0 Å². The molecule has 4 rings (SSSR count). The average Bonchev–Trinajstić information content (AvgIpc) is 2.77. The minimum absolute atomic E-state index is 0.167. The van der Waals surface area contributed by atoms with Crippen LogP contribution in [0.2, 0.25) is 0 Å². The Hall–Kier alpha value is -2.62. The summed E-state index contributed by atoms with van der Waals surface area (Å²) in [7, 11) is 0. The second-order valence-corrected chi connectivity index (χ2v) is 4.47. The van der Waals surface area contributed by atoms with Crippen LogP contribution in [0.15, 0.2) is 24.3 Å². The maximum atomic E-state index is 9.86. The molecule has 4 nitrogen and oxygen atoms in total. The second kappa shape index (κ2) is 2.61. The van der Waals surface area contributed by atoms with Crippen molar-refractivity contribution in [1.82, 2.24) is 0 Å². The molecule has 0 unspecified atom stereocenters. The van der Waals surface area contributed by atoms with Crippen LogP contribution >= 0.6 is 0 Å². The van der Waals surface area contributed by atoms with Crippen molar-refractivity contribution in [1.29, 1.82) is 0 Å². The summed E-state index contributed by atoms with van der Waals surface area (Å²) in [5.41, 5.74) is 2.08. The summed E-state index contributed by atoms with van der Waals surface area (Å²) in [4.78, 5) is 0. The smallest absolute Gasteiger partial charge is 0.166 e. The van der Waals surface area contributed by atoms with Gasteiger partial charge in [-0.1, -0.05) is 0 Å². The van der Waals surface area contributed by atoms with E-state index in [0.29, 0.717) is 33.0 Å². The van der Waals surface area contributed by atoms with E-state index >= 15 is 0 Å². The van der Waals surface area contributed by atoms with Crippen LogP contribution in [0.25, 0.3) is 33.8 Å². The van der Waals surface area contributed by atoms with E-state index in [1.807, 2.05) is 0 Å². The van der Waals surface area contributed by atoms with Gasteiger partial charge in [-0.2, -0.15) is 0 Å². The number of rotatable bonds is 0. The Kier molecular flexibility index (Phi) is 1.37. The molecule has 2 aromatic rings. The lowest BCUT2D eigenvalue weighted by Gasteiger charge is -2.05. The van der Waals surface area contributed by atoms with Gasteiger partial charge in [-0.25, -0.2) is 0 Å². The van der Waals surface area contributed by atoms with Crippen molar-refractivity contribution in [3.63, 3.8) is 0 Å². The highest BCUT2D eigenvalue weighted by molar-refractivity contribution is 6.19. The van der Waals surface area contributed by atoms with Crippen molar-refractivity contribution < 1.29 is 20.4 Å². The Labute approximate surface area is 101 Å². The summed E-state index contributed by atoms with van der Waals surface area (Å²) in [6.45, 7) is 0. The summed E-state index contributed by atoms with van der Waals surface area (Å²) in [6.07, 6.45) is 0. The van der Waals surface area contributed by atoms with Crippen LogP contribution in [0, 0.1) is 0 Å². The maximum Gasteiger partial charge on any atom is 0.166 e. The summed E-state index contributed by atoms with van der Waals surface area (Å²) in [5.74, 6) is -0.668. The van der Waals surface area contributed by atoms with Crippen molar-refractivity contribution >= 4 is 33.8 Å². The van der Waals surface area contributed by atoms with Gasteiger partial charge in [0.15, 0.2) is 23.0 Å². The molecule has 2 aliphatic rings. The molecule has 0 atom stereocenters. The first kappa shape index (κ1) is 9.41. The van der Waals surface area contributed by atoms with Gasteiger partial charge in [-0.3, -0.25) is 0 Å². The van der Waals surface area contributed by atoms with Gasteiger partial charge >= 0.3 is 0 Å². The fraction of sp³-hybridized carbons (Fsp3) is 0. The van der Waals surface area contributed by atoms with Crippen LogP contribution < -0.4 is 0 Å². The zero-order chi connectivity index (χ0) is 12.6. The molecule has 18 heavy (non-hydrogen) atoms. The van der Waals surface area contributed by atoms with Gasteiger partial charge in [0.1, 0.15) is 0 Å². The lowest BCUT2D eigenvalue weighted by molar-refractivity contribution is 0.462. The van der Waals surface area contributed by atoms with Crippen molar-refractivity contribution in [2.75, 3.05) is 0 Å². The number of benzene rings is 2. The Morgan fingerprint density at radius 2 is 0.667 bits per heavy atom. The third-order valence-electron chi connectivity index (χ3n) is 3.63. The van der Waals surface area contributed by atoms with Crippen LogP contribution in [0.3, 0.4) is 0 Å². The normalized spacial score (nSPS) is 16.2. The van der Waals surface area contributed by atoms with Crippen LogP contribution in [0.1, 0.15) is 22.3 Å². The molecule has 0 saturated carbocycles. The minimum atomic E-state index is -0.167. The van der Waals surface area contributed by atoms with Gasteiger partial charge in [0, 0.05) is 33.0 Å². The largest absolute Gasteiger partial charge is 0.504 e. The standard InChI is InChI=1S/C14H8O4/c15-11-5-1-2-6-10-8(14(18)12(6)16)4-3-7(9(5)10)13(11)17/h1-4,15-18H. The monoisotopic (exact) mass is 240 g/mol. The first-order valence-electron chi connectivity index (χ1n) is 5.47. The molecular formula is C14H8O4. The molecule has 0 bridgehead atoms. The molecule has 0 radical (unpaired) electrons. The molecule has 0 heterocycles. The van der Waals surface area contributed by atoms with Gasteiger partial charge < -0.3 is 20.4 Å². The fourth-order valence-corrected chi connectivity index (χ4v) is 2.80. The Balaban J connectivity index is 2.29. The lowest BCUT2D eigenvalue weighted by atomic mass is 9.98. The third-order valence-corrected chi connectivity index (χ3v) is 3.63. The number of aliphatic hydroxyl groups excluding tert-OH is 4. The van der Waals surface area contributed by atoms with Gasteiger partial charge in [0.2, 0.25) is 0 Å². The van der Waals surface area contributed by atoms with Crippen LogP contribution in [-0.4, -0.2) is 20.4 Å². The molecule has 88 valence electrons. The quantitative estimate of drug-likeness (QED) is 0.569. The van der Waals surface area contributed by atoms with Crippen LogP contribution in [0.4, 0.5) is 0 Å². The zero-order valence-electron chi connectivity index (χ0n) is 9.10. The zero-order valence-corrected chi connectivity index (χ0v) is 9.10. The second-order valence-electron chi connectivity index (χ2n) is 4.47. The first-order chi connectivity index (χ1) is 8.61. The third kappa shape index (κ3) is 0.777. The summed E-state index contributed by atoms with van der Waals surface area (Å²) < 4.78 is 0. The first-order valence-corrected chi connectivity index (χ1v) is 5.47. The van der Waals surface area contributed by atoms with E-state index in [1.54, 1.807) is 24.3 Å². The predicted octanol–water partition coefficient (Wildman–Crippen LogP) is 3.35. The van der Waals surface area contributed by atoms with Gasteiger partial charge in [-0.15, -0.1) is 0 Å².